The maximum atomic E-state index is 13.7. The third kappa shape index (κ3) is 5.47. The zero-order chi connectivity index (χ0) is 17.4. The zero-order valence-corrected chi connectivity index (χ0v) is 12.9. The van der Waals surface area contributed by atoms with Gasteiger partial charge in [0, 0.05) is 12.2 Å². The van der Waals surface area contributed by atoms with Gasteiger partial charge < -0.3 is 14.2 Å². The molecule has 0 heterocycles. The van der Waals surface area contributed by atoms with Gasteiger partial charge in [0.1, 0.15) is 0 Å². The summed E-state index contributed by atoms with van der Waals surface area (Å²) < 4.78 is 68.0. The molecule has 0 aromatic heterocycles. The molecule has 0 bridgehead atoms. The fourth-order valence-corrected chi connectivity index (χ4v) is 1.60. The van der Waals surface area contributed by atoms with Gasteiger partial charge in [0.2, 0.25) is 11.6 Å². The van der Waals surface area contributed by atoms with Crippen LogP contribution in [0.2, 0.25) is 0 Å². The van der Waals surface area contributed by atoms with Crippen LogP contribution in [0.1, 0.15) is 25.3 Å². The fraction of sp³-hybridized carbons (Fsp3) is 0.533. The van der Waals surface area contributed by atoms with Crippen molar-refractivity contribution in [2.45, 2.75) is 26.7 Å². The van der Waals surface area contributed by atoms with Crippen LogP contribution in [0, 0.1) is 30.2 Å². The van der Waals surface area contributed by atoms with Crippen molar-refractivity contribution in [2.24, 2.45) is 0 Å². The lowest BCUT2D eigenvalue weighted by atomic mass is 10.2. The van der Waals surface area contributed by atoms with Crippen LogP contribution >= 0.6 is 0 Å². The average Bonchev–Trinajstić information content (AvgIpc) is 2.54. The van der Waals surface area contributed by atoms with Gasteiger partial charge in [-0.05, 0) is 13.3 Å². The van der Waals surface area contributed by atoms with Crippen LogP contribution in [0.4, 0.5) is 17.6 Å². The number of hydrogen-bond donors (Lipinski definition) is 0. The molecule has 0 atom stereocenters. The van der Waals surface area contributed by atoms with Crippen LogP contribution in [0.15, 0.2) is 0 Å². The minimum Gasteiger partial charge on any atom is -0.420 e. The van der Waals surface area contributed by atoms with Crippen LogP contribution < -0.4 is 4.74 Å². The van der Waals surface area contributed by atoms with Crippen molar-refractivity contribution < 1.29 is 36.6 Å². The van der Waals surface area contributed by atoms with Crippen molar-refractivity contribution in [2.75, 3.05) is 26.4 Å². The van der Waals surface area contributed by atoms with E-state index in [1.807, 2.05) is 6.92 Å². The molecule has 1 aromatic rings. The third-order valence-electron chi connectivity index (χ3n) is 2.83. The number of esters is 1. The van der Waals surface area contributed by atoms with Gasteiger partial charge in [-0.15, -0.1) is 0 Å². The molecule has 130 valence electrons. The summed E-state index contributed by atoms with van der Waals surface area (Å²) in [5.41, 5.74) is -0.768. The molecular weight excluding hydrogens is 320 g/mol. The summed E-state index contributed by atoms with van der Waals surface area (Å²) in [5, 5.41) is 0. The summed E-state index contributed by atoms with van der Waals surface area (Å²) in [7, 11) is 0. The van der Waals surface area contributed by atoms with E-state index in [2.05, 4.69) is 4.74 Å². The molecule has 8 heteroatoms. The molecule has 23 heavy (non-hydrogen) atoms. The van der Waals surface area contributed by atoms with E-state index < -0.39 is 40.6 Å². The number of ether oxygens (including phenoxy) is 3. The molecular formula is C15H18F4O4. The largest absolute Gasteiger partial charge is 0.420 e. The lowest BCUT2D eigenvalue weighted by Gasteiger charge is -2.10. The van der Waals surface area contributed by atoms with Gasteiger partial charge >= 0.3 is 5.97 Å². The highest BCUT2D eigenvalue weighted by Gasteiger charge is 2.25. The molecule has 0 aliphatic carbocycles. The summed E-state index contributed by atoms with van der Waals surface area (Å²) in [6.07, 6.45) is 0.571. The standard InChI is InChI=1S/C15H18F4O4/c1-3-5-21-7-8-22-6-4-10(20)23-15-12(17)9(2)11(16)13(18)14(15)19/h3-8H2,1-2H3. The van der Waals surface area contributed by atoms with Crippen LogP contribution in [-0.4, -0.2) is 32.4 Å². The van der Waals surface area contributed by atoms with E-state index in [-0.39, 0.29) is 19.6 Å². The molecule has 0 N–H and O–H groups in total. The Morgan fingerprint density at radius 2 is 1.48 bits per heavy atom. The Balaban J connectivity index is 2.49. The summed E-state index contributed by atoms with van der Waals surface area (Å²) >= 11 is 0. The molecule has 0 spiro atoms. The van der Waals surface area contributed by atoms with Crippen molar-refractivity contribution in [3.05, 3.63) is 28.8 Å². The van der Waals surface area contributed by atoms with Crippen molar-refractivity contribution >= 4 is 5.97 Å². The highest BCUT2D eigenvalue weighted by atomic mass is 19.2. The van der Waals surface area contributed by atoms with Crippen molar-refractivity contribution in [1.82, 2.24) is 0 Å². The lowest BCUT2D eigenvalue weighted by Crippen LogP contribution is -2.16. The first-order valence-electron chi connectivity index (χ1n) is 7.08. The second kappa shape index (κ2) is 9.46. The molecule has 0 amide bonds. The number of rotatable bonds is 9. The first-order chi connectivity index (χ1) is 10.9. The predicted octanol–water partition coefficient (Wildman–Crippen LogP) is 3.29. The highest BCUT2D eigenvalue weighted by Crippen LogP contribution is 2.29. The number of carbonyl (C=O) groups is 1. The van der Waals surface area contributed by atoms with Crippen LogP contribution in [0.5, 0.6) is 5.75 Å². The Labute approximate surface area is 131 Å². The first-order valence-corrected chi connectivity index (χ1v) is 7.08. The molecule has 0 saturated carbocycles. The Morgan fingerprint density at radius 3 is 2.09 bits per heavy atom. The number of hydrogen-bond acceptors (Lipinski definition) is 4. The summed E-state index contributed by atoms with van der Waals surface area (Å²) in [5.74, 6) is -9.16. The van der Waals surface area contributed by atoms with E-state index in [4.69, 9.17) is 9.47 Å². The maximum absolute atomic E-state index is 13.7. The van der Waals surface area contributed by atoms with Crippen LogP contribution in [0.3, 0.4) is 0 Å². The zero-order valence-electron chi connectivity index (χ0n) is 12.9. The monoisotopic (exact) mass is 338 g/mol. The van der Waals surface area contributed by atoms with E-state index in [0.717, 1.165) is 13.3 Å². The van der Waals surface area contributed by atoms with Gasteiger partial charge in [0.15, 0.2) is 17.5 Å². The second-order valence-corrected chi connectivity index (χ2v) is 4.66. The summed E-state index contributed by atoms with van der Waals surface area (Å²) in [4.78, 5) is 11.5. The minimum atomic E-state index is -1.89. The average molecular weight is 338 g/mol. The van der Waals surface area contributed by atoms with Crippen molar-refractivity contribution in [3.8, 4) is 5.75 Å². The molecule has 0 radical (unpaired) electrons. The highest BCUT2D eigenvalue weighted by molar-refractivity contribution is 5.72. The normalized spacial score (nSPS) is 10.9. The maximum Gasteiger partial charge on any atom is 0.313 e. The number of carbonyl (C=O) groups excluding carboxylic acids is 1. The van der Waals surface area contributed by atoms with Gasteiger partial charge in [-0.25, -0.2) is 13.2 Å². The van der Waals surface area contributed by atoms with Gasteiger partial charge in [0.05, 0.1) is 26.2 Å². The summed E-state index contributed by atoms with van der Waals surface area (Å²) in [6, 6.07) is 0. The van der Waals surface area contributed by atoms with E-state index in [1.54, 1.807) is 0 Å². The molecule has 1 rings (SSSR count). The topological polar surface area (TPSA) is 44.8 Å². The van der Waals surface area contributed by atoms with Crippen LogP contribution in [0.25, 0.3) is 0 Å². The molecule has 0 unspecified atom stereocenters. The molecule has 0 saturated heterocycles. The van der Waals surface area contributed by atoms with Crippen molar-refractivity contribution in [3.63, 3.8) is 0 Å². The van der Waals surface area contributed by atoms with Gasteiger partial charge in [-0.2, -0.15) is 4.39 Å². The fourth-order valence-electron chi connectivity index (χ4n) is 1.60. The Kier molecular flexibility index (Phi) is 7.97. The summed E-state index contributed by atoms with van der Waals surface area (Å²) in [6.45, 7) is 4.01. The smallest absolute Gasteiger partial charge is 0.313 e. The minimum absolute atomic E-state index is 0.0553. The molecule has 1 aromatic carbocycles. The van der Waals surface area contributed by atoms with E-state index in [1.165, 1.54) is 0 Å². The Bertz CT molecular complexity index is 520. The van der Waals surface area contributed by atoms with Gasteiger partial charge in [0.25, 0.3) is 0 Å². The second-order valence-electron chi connectivity index (χ2n) is 4.66. The third-order valence-corrected chi connectivity index (χ3v) is 2.83. The van der Waals surface area contributed by atoms with Crippen molar-refractivity contribution in [1.29, 1.82) is 0 Å². The van der Waals surface area contributed by atoms with Gasteiger partial charge in [-0.3, -0.25) is 4.79 Å². The first kappa shape index (κ1) is 19.4. The number of halogens is 4. The quantitative estimate of drug-likeness (QED) is 0.173. The molecule has 0 fully saturated rings. The lowest BCUT2D eigenvalue weighted by molar-refractivity contribution is -0.136. The Hall–Kier alpha value is -1.67. The number of benzene rings is 1. The molecule has 0 aliphatic heterocycles. The SMILES string of the molecule is CCCOCCOCCC(=O)Oc1c(F)c(C)c(F)c(F)c1F. The Morgan fingerprint density at radius 1 is 0.870 bits per heavy atom. The van der Waals surface area contributed by atoms with E-state index in [9.17, 15) is 22.4 Å². The molecule has 0 aliphatic rings. The predicted molar refractivity (Wildman–Crippen MR) is 73.2 cm³/mol. The van der Waals surface area contributed by atoms with Crippen LogP contribution in [-0.2, 0) is 14.3 Å². The van der Waals surface area contributed by atoms with E-state index in [0.29, 0.717) is 13.2 Å². The van der Waals surface area contributed by atoms with Gasteiger partial charge in [-0.1, -0.05) is 6.92 Å². The van der Waals surface area contributed by atoms with E-state index >= 15 is 0 Å². The molecule has 4 nitrogen and oxygen atoms in total.